The molecule has 0 amide bonds. The van der Waals surface area contributed by atoms with E-state index in [2.05, 4.69) is 26.0 Å². The zero-order chi connectivity index (χ0) is 12.8. The van der Waals surface area contributed by atoms with Gasteiger partial charge in [0.25, 0.3) is 0 Å². The molecule has 0 radical (unpaired) electrons. The molecule has 0 saturated heterocycles. The molecule has 2 N–H and O–H groups in total. The van der Waals surface area contributed by atoms with E-state index in [9.17, 15) is 4.79 Å². The summed E-state index contributed by atoms with van der Waals surface area (Å²) in [5.41, 5.74) is 0. The van der Waals surface area contributed by atoms with Gasteiger partial charge in [0.1, 0.15) is 0 Å². The van der Waals surface area contributed by atoms with Crippen molar-refractivity contribution >= 4 is 5.97 Å². The Morgan fingerprint density at radius 1 is 1.19 bits per heavy atom. The quantitative estimate of drug-likeness (QED) is 0.497. The summed E-state index contributed by atoms with van der Waals surface area (Å²) in [5.74, 6) is 0.0171. The predicted octanol–water partition coefficient (Wildman–Crippen LogP) is 3.23. The molecule has 0 saturated carbocycles. The van der Waals surface area contributed by atoms with Crippen LogP contribution in [0.25, 0.3) is 0 Å². The van der Waals surface area contributed by atoms with Gasteiger partial charge in [0.2, 0.25) is 0 Å². The van der Waals surface area contributed by atoms with Crippen LogP contribution in [0.3, 0.4) is 0 Å². The number of aliphatic carboxylic acids is 1. The average molecular weight is 230 g/mol. The fourth-order valence-electron chi connectivity index (χ4n) is 1.39. The van der Waals surface area contributed by atoms with Crippen LogP contribution in [0, 0.1) is 5.92 Å². The van der Waals surface area contributed by atoms with Crippen molar-refractivity contribution in [1.82, 2.24) is 0 Å². The Labute approximate surface area is 99.2 Å². The van der Waals surface area contributed by atoms with E-state index >= 15 is 0 Å². The zero-order valence-electron chi connectivity index (χ0n) is 10.8. The number of carbonyl (C=O) groups is 1. The Bertz CT molecular complexity index is 172. The molecule has 0 unspecified atom stereocenters. The topological polar surface area (TPSA) is 57.5 Å². The molecule has 0 aromatic heterocycles. The van der Waals surface area contributed by atoms with Gasteiger partial charge in [-0.1, -0.05) is 26.0 Å². The first-order chi connectivity index (χ1) is 7.70. The summed E-state index contributed by atoms with van der Waals surface area (Å²) in [6, 6.07) is 0. The van der Waals surface area contributed by atoms with Gasteiger partial charge >= 0.3 is 5.97 Å². The number of carboxylic acid groups (broad SMARTS) is 1. The van der Waals surface area contributed by atoms with Crippen LogP contribution in [0.4, 0.5) is 0 Å². The second-order valence-electron chi connectivity index (χ2n) is 3.64. The number of hydrogen-bond donors (Lipinski definition) is 2. The minimum atomic E-state index is -0.686. The number of hydrogen-bond acceptors (Lipinski definition) is 2. The number of allylic oxidation sites excluding steroid dienone is 2. The molecule has 96 valence electrons. The highest BCUT2D eigenvalue weighted by Gasteiger charge is 1.97. The van der Waals surface area contributed by atoms with Crippen molar-refractivity contribution in [2.24, 2.45) is 5.92 Å². The maximum absolute atomic E-state index is 10.2. The molecule has 0 aromatic carbocycles. The molecule has 0 aliphatic rings. The van der Waals surface area contributed by atoms with Gasteiger partial charge in [-0.3, -0.25) is 4.79 Å². The molecule has 0 aliphatic carbocycles. The van der Waals surface area contributed by atoms with Crippen molar-refractivity contribution in [2.45, 2.75) is 52.4 Å². The summed E-state index contributed by atoms with van der Waals surface area (Å²) in [4.78, 5) is 10.2. The summed E-state index contributed by atoms with van der Waals surface area (Å²) in [5, 5.41) is 15.4. The first kappa shape index (κ1) is 17.6. The van der Waals surface area contributed by atoms with Crippen LogP contribution in [0.15, 0.2) is 12.2 Å². The molecule has 0 spiro atoms. The second kappa shape index (κ2) is 14.2. The molecule has 0 atom stereocenters. The van der Waals surface area contributed by atoms with Gasteiger partial charge < -0.3 is 10.2 Å². The van der Waals surface area contributed by atoms with E-state index in [1.165, 1.54) is 12.8 Å². The highest BCUT2D eigenvalue weighted by atomic mass is 16.4. The Kier molecular flexibility index (Phi) is 15.6. The van der Waals surface area contributed by atoms with Gasteiger partial charge in [-0.15, -0.1) is 0 Å². The third-order valence-electron chi connectivity index (χ3n) is 2.47. The Morgan fingerprint density at radius 3 is 2.19 bits per heavy atom. The molecule has 3 heteroatoms. The monoisotopic (exact) mass is 230 g/mol. The van der Waals surface area contributed by atoms with Gasteiger partial charge in [-0.25, -0.2) is 0 Å². The molecule has 0 aromatic rings. The lowest BCUT2D eigenvalue weighted by Crippen LogP contribution is -1.93. The molecule has 0 heterocycles. The second-order valence-corrected chi connectivity index (χ2v) is 3.64. The maximum Gasteiger partial charge on any atom is 0.303 e. The number of unbranched alkanes of at least 4 members (excludes halogenated alkanes) is 2. The largest absolute Gasteiger partial charge is 0.481 e. The van der Waals surface area contributed by atoms with E-state index in [4.69, 9.17) is 10.2 Å². The number of aliphatic hydroxyl groups excluding tert-OH is 1. The summed E-state index contributed by atoms with van der Waals surface area (Å²) in [6.45, 7) is 4.39. The van der Waals surface area contributed by atoms with Crippen LogP contribution in [0.1, 0.15) is 52.4 Å². The normalized spacial score (nSPS) is 10.3. The van der Waals surface area contributed by atoms with Crippen LogP contribution in [-0.4, -0.2) is 23.3 Å². The van der Waals surface area contributed by atoms with Crippen LogP contribution in [0.5, 0.6) is 0 Å². The van der Waals surface area contributed by atoms with Gasteiger partial charge in [0.05, 0.1) is 0 Å². The van der Waals surface area contributed by atoms with Crippen molar-refractivity contribution in [2.75, 3.05) is 7.11 Å². The Balaban J connectivity index is 0. The van der Waals surface area contributed by atoms with Crippen molar-refractivity contribution in [3.63, 3.8) is 0 Å². The summed E-state index contributed by atoms with van der Waals surface area (Å²) < 4.78 is 0. The average Bonchev–Trinajstić information content (AvgIpc) is 2.30. The first-order valence-corrected chi connectivity index (χ1v) is 6.03. The van der Waals surface area contributed by atoms with Gasteiger partial charge in [-0.2, -0.15) is 0 Å². The van der Waals surface area contributed by atoms with Crippen LogP contribution < -0.4 is 0 Å². The smallest absolute Gasteiger partial charge is 0.303 e. The molecule has 16 heavy (non-hydrogen) atoms. The summed E-state index contributed by atoms with van der Waals surface area (Å²) in [7, 11) is 1.00. The van der Waals surface area contributed by atoms with E-state index in [1.54, 1.807) is 0 Å². The summed E-state index contributed by atoms with van der Waals surface area (Å²) in [6.07, 6.45) is 9.96. The first-order valence-electron chi connectivity index (χ1n) is 6.03. The highest BCUT2D eigenvalue weighted by molar-refractivity contribution is 5.66. The third-order valence-corrected chi connectivity index (χ3v) is 2.47. The van der Waals surface area contributed by atoms with Gasteiger partial charge in [0, 0.05) is 13.5 Å². The van der Waals surface area contributed by atoms with E-state index in [1.807, 2.05) is 0 Å². The molecular weight excluding hydrogens is 204 g/mol. The van der Waals surface area contributed by atoms with Crippen molar-refractivity contribution in [1.29, 1.82) is 0 Å². The van der Waals surface area contributed by atoms with Crippen LogP contribution in [0.2, 0.25) is 0 Å². The fraction of sp³-hybridized carbons (Fsp3) is 0.769. The van der Waals surface area contributed by atoms with Crippen molar-refractivity contribution in [3.8, 4) is 0 Å². The minimum absolute atomic E-state index is 0.304. The molecule has 3 nitrogen and oxygen atoms in total. The lowest BCUT2D eigenvalue weighted by Gasteiger charge is -2.04. The van der Waals surface area contributed by atoms with E-state index < -0.39 is 5.97 Å². The third kappa shape index (κ3) is 13.2. The molecule has 0 rings (SSSR count). The van der Waals surface area contributed by atoms with Crippen molar-refractivity contribution in [3.05, 3.63) is 12.2 Å². The van der Waals surface area contributed by atoms with E-state index in [-0.39, 0.29) is 0 Å². The van der Waals surface area contributed by atoms with Gasteiger partial charge in [0.15, 0.2) is 0 Å². The van der Waals surface area contributed by atoms with Crippen LogP contribution >= 0.6 is 0 Å². The summed E-state index contributed by atoms with van der Waals surface area (Å²) >= 11 is 0. The molecule has 0 fully saturated rings. The Hall–Kier alpha value is -0.830. The molecule has 0 bridgehead atoms. The minimum Gasteiger partial charge on any atom is -0.481 e. The zero-order valence-corrected chi connectivity index (χ0v) is 10.8. The van der Waals surface area contributed by atoms with E-state index in [0.29, 0.717) is 12.3 Å². The van der Waals surface area contributed by atoms with E-state index in [0.717, 1.165) is 26.4 Å². The maximum atomic E-state index is 10.2. The fourth-order valence-corrected chi connectivity index (χ4v) is 1.39. The Morgan fingerprint density at radius 2 is 1.75 bits per heavy atom. The highest BCUT2D eigenvalue weighted by Crippen LogP contribution is 2.10. The lowest BCUT2D eigenvalue weighted by molar-refractivity contribution is -0.137. The number of rotatable bonds is 8. The van der Waals surface area contributed by atoms with Crippen molar-refractivity contribution < 1.29 is 15.0 Å². The predicted molar refractivity (Wildman–Crippen MR) is 67.5 cm³/mol. The SMILES string of the molecule is CCC(/C=C/CCCCC(=O)O)CC.CO. The van der Waals surface area contributed by atoms with Gasteiger partial charge in [-0.05, 0) is 38.0 Å². The molecular formula is C13H26O3. The van der Waals surface area contributed by atoms with Crippen LogP contribution in [-0.2, 0) is 4.79 Å². The standard InChI is InChI=1S/C12H22O2.CH4O/c1-3-11(4-2)9-7-5-6-8-10-12(13)14;1-2/h7,9,11H,3-6,8,10H2,1-2H3,(H,13,14);2H,1H3/b9-7+;. The number of aliphatic hydroxyl groups is 1. The number of carboxylic acids is 1. The molecule has 0 aliphatic heterocycles. The lowest BCUT2D eigenvalue weighted by atomic mass is 10.0.